The van der Waals surface area contributed by atoms with Crippen LogP contribution in [0.2, 0.25) is 5.28 Å². The molecule has 1 aromatic carbocycles. The fourth-order valence-electron chi connectivity index (χ4n) is 1.62. The van der Waals surface area contributed by atoms with Gasteiger partial charge in [-0.3, -0.25) is 4.57 Å². The molecule has 0 fully saturated rings. The smallest absolute Gasteiger partial charge is 0.229 e. The van der Waals surface area contributed by atoms with Crippen molar-refractivity contribution in [2.45, 2.75) is 26.2 Å². The highest BCUT2D eigenvalue weighted by Crippen LogP contribution is 2.29. The topological polar surface area (TPSA) is 30.7 Å². The molecular weight excluding hydrogens is 321 g/mol. The monoisotopic (exact) mass is 331 g/mol. The molecule has 0 N–H and O–H groups in total. The second-order valence-corrected chi connectivity index (χ2v) is 6.23. The van der Waals surface area contributed by atoms with Gasteiger partial charge in [0, 0.05) is 9.89 Å². The fraction of sp³-hybridized carbons (Fsp3) is 0.333. The van der Waals surface area contributed by atoms with Gasteiger partial charge in [-0.2, -0.15) is 0 Å². The van der Waals surface area contributed by atoms with Gasteiger partial charge < -0.3 is 0 Å². The predicted octanol–water partition coefficient (Wildman–Crippen LogP) is 4.12. The Morgan fingerprint density at radius 3 is 2.56 bits per heavy atom. The maximum atomic E-state index is 13.9. The van der Waals surface area contributed by atoms with Gasteiger partial charge in [0.15, 0.2) is 0 Å². The van der Waals surface area contributed by atoms with Crippen LogP contribution in [0.1, 0.15) is 26.6 Å². The molecule has 0 radical (unpaired) electrons. The van der Waals surface area contributed by atoms with Crippen molar-refractivity contribution in [3.63, 3.8) is 0 Å². The van der Waals surface area contributed by atoms with E-state index in [1.54, 1.807) is 12.1 Å². The van der Waals surface area contributed by atoms with Crippen molar-refractivity contribution in [1.29, 1.82) is 0 Å². The first-order chi connectivity index (χ1) is 8.30. The summed E-state index contributed by atoms with van der Waals surface area (Å²) in [5.74, 6) is 0.245. The Labute approximate surface area is 118 Å². The van der Waals surface area contributed by atoms with Crippen molar-refractivity contribution in [1.82, 2.24) is 14.8 Å². The molecule has 0 saturated heterocycles. The highest BCUT2D eigenvalue weighted by molar-refractivity contribution is 9.10. The van der Waals surface area contributed by atoms with Gasteiger partial charge in [-0.1, -0.05) is 36.7 Å². The summed E-state index contributed by atoms with van der Waals surface area (Å²) in [6.07, 6.45) is 0. The van der Waals surface area contributed by atoms with Crippen molar-refractivity contribution in [3.05, 3.63) is 39.6 Å². The molecule has 0 aliphatic heterocycles. The highest BCUT2D eigenvalue weighted by atomic mass is 79.9. The molecule has 18 heavy (non-hydrogen) atoms. The van der Waals surface area contributed by atoms with Crippen molar-refractivity contribution in [2.75, 3.05) is 0 Å². The first-order valence-corrected chi connectivity index (χ1v) is 6.54. The maximum Gasteiger partial charge on any atom is 0.229 e. The number of nitrogens with zero attached hydrogens (tertiary/aromatic N) is 3. The molecule has 2 aromatic rings. The summed E-state index contributed by atoms with van der Waals surface area (Å²) in [5.41, 5.74) is 0.0545. The largest absolute Gasteiger partial charge is 0.266 e. The van der Waals surface area contributed by atoms with E-state index in [0.29, 0.717) is 11.5 Å². The van der Waals surface area contributed by atoms with Gasteiger partial charge in [-0.05, 0) is 29.8 Å². The van der Waals surface area contributed by atoms with Gasteiger partial charge in [0.25, 0.3) is 0 Å². The van der Waals surface area contributed by atoms with E-state index in [-0.39, 0.29) is 16.5 Å². The SMILES string of the molecule is CC(C)(C)c1nnc(Cl)n1-c1cc(Br)ccc1F. The van der Waals surface area contributed by atoms with Crippen LogP contribution in [-0.2, 0) is 5.41 Å². The second kappa shape index (κ2) is 4.63. The third-order valence-electron chi connectivity index (χ3n) is 2.44. The molecule has 0 unspecified atom stereocenters. The normalized spacial score (nSPS) is 11.9. The van der Waals surface area contributed by atoms with Crippen LogP contribution in [0.3, 0.4) is 0 Å². The van der Waals surface area contributed by atoms with Crippen LogP contribution >= 0.6 is 27.5 Å². The first-order valence-electron chi connectivity index (χ1n) is 5.37. The number of halogens is 3. The predicted molar refractivity (Wildman–Crippen MR) is 72.7 cm³/mol. The number of hydrogen-bond acceptors (Lipinski definition) is 2. The number of benzene rings is 1. The lowest BCUT2D eigenvalue weighted by Gasteiger charge is -2.19. The van der Waals surface area contributed by atoms with Gasteiger partial charge in [-0.25, -0.2) is 4.39 Å². The molecule has 6 heteroatoms. The molecule has 0 bridgehead atoms. The minimum Gasteiger partial charge on any atom is -0.266 e. The number of hydrogen-bond donors (Lipinski definition) is 0. The van der Waals surface area contributed by atoms with E-state index in [1.165, 1.54) is 10.6 Å². The Balaban J connectivity index is 2.71. The number of rotatable bonds is 1. The molecule has 0 atom stereocenters. The lowest BCUT2D eigenvalue weighted by atomic mass is 9.95. The van der Waals surface area contributed by atoms with Crippen molar-refractivity contribution >= 4 is 27.5 Å². The molecule has 96 valence electrons. The highest BCUT2D eigenvalue weighted by Gasteiger charge is 2.25. The lowest BCUT2D eigenvalue weighted by molar-refractivity contribution is 0.526. The van der Waals surface area contributed by atoms with E-state index in [2.05, 4.69) is 26.1 Å². The molecule has 0 aliphatic carbocycles. The van der Waals surface area contributed by atoms with E-state index >= 15 is 0 Å². The third kappa shape index (κ3) is 2.42. The molecule has 0 amide bonds. The second-order valence-electron chi connectivity index (χ2n) is 4.97. The van der Waals surface area contributed by atoms with Crippen molar-refractivity contribution < 1.29 is 4.39 Å². The summed E-state index contributed by atoms with van der Waals surface area (Å²) in [6, 6.07) is 4.66. The standard InChI is InChI=1S/C12H12BrClFN3/c1-12(2,3)10-16-17-11(14)18(10)9-6-7(13)4-5-8(9)15/h4-6H,1-3H3. The average molecular weight is 333 g/mol. The average Bonchev–Trinajstić information content (AvgIpc) is 2.63. The first kappa shape index (κ1) is 13.5. The Morgan fingerprint density at radius 2 is 1.94 bits per heavy atom. The third-order valence-corrected chi connectivity index (χ3v) is 3.18. The van der Waals surface area contributed by atoms with Crippen LogP contribution in [-0.4, -0.2) is 14.8 Å². The van der Waals surface area contributed by atoms with Gasteiger partial charge in [0.1, 0.15) is 11.6 Å². The Bertz CT molecular complexity index is 589. The van der Waals surface area contributed by atoms with Crippen LogP contribution in [0.5, 0.6) is 0 Å². The summed E-state index contributed by atoms with van der Waals surface area (Å²) < 4.78 is 16.2. The Kier molecular flexibility index (Phi) is 3.47. The van der Waals surface area contributed by atoms with Crippen LogP contribution in [0, 0.1) is 5.82 Å². The zero-order chi connectivity index (χ0) is 13.5. The molecule has 1 aromatic heterocycles. The van der Waals surface area contributed by atoms with Crippen LogP contribution in [0.15, 0.2) is 22.7 Å². The molecular formula is C12H12BrClFN3. The summed E-state index contributed by atoms with van der Waals surface area (Å²) in [6.45, 7) is 5.92. The van der Waals surface area contributed by atoms with Crippen LogP contribution in [0.4, 0.5) is 4.39 Å². The quantitative estimate of drug-likeness (QED) is 0.786. The van der Waals surface area contributed by atoms with Gasteiger partial charge in [0.2, 0.25) is 5.28 Å². The minimum absolute atomic E-state index is 0.150. The lowest BCUT2D eigenvalue weighted by Crippen LogP contribution is -2.19. The summed E-state index contributed by atoms with van der Waals surface area (Å²) in [5, 5.41) is 8.01. The van der Waals surface area contributed by atoms with E-state index in [4.69, 9.17) is 11.6 Å². The zero-order valence-electron chi connectivity index (χ0n) is 10.2. The van der Waals surface area contributed by atoms with E-state index in [0.717, 1.165) is 4.47 Å². The molecule has 3 nitrogen and oxygen atoms in total. The van der Waals surface area contributed by atoms with E-state index in [1.807, 2.05) is 20.8 Å². The number of aromatic nitrogens is 3. The molecule has 0 spiro atoms. The summed E-state index contributed by atoms with van der Waals surface area (Å²) in [4.78, 5) is 0. The molecule has 0 saturated carbocycles. The minimum atomic E-state index is -0.370. The summed E-state index contributed by atoms with van der Waals surface area (Å²) >= 11 is 9.33. The van der Waals surface area contributed by atoms with Crippen molar-refractivity contribution in [3.8, 4) is 5.69 Å². The summed E-state index contributed by atoms with van der Waals surface area (Å²) in [7, 11) is 0. The van der Waals surface area contributed by atoms with Gasteiger partial charge in [0.05, 0.1) is 5.69 Å². The van der Waals surface area contributed by atoms with E-state index in [9.17, 15) is 4.39 Å². The van der Waals surface area contributed by atoms with Crippen LogP contribution in [0.25, 0.3) is 5.69 Å². The Hall–Kier alpha value is -0.940. The fourth-order valence-corrected chi connectivity index (χ4v) is 2.18. The molecule has 1 heterocycles. The Morgan fingerprint density at radius 1 is 1.28 bits per heavy atom. The molecule has 0 aliphatic rings. The van der Waals surface area contributed by atoms with Gasteiger partial charge >= 0.3 is 0 Å². The van der Waals surface area contributed by atoms with Crippen molar-refractivity contribution in [2.24, 2.45) is 0 Å². The van der Waals surface area contributed by atoms with Crippen LogP contribution < -0.4 is 0 Å². The zero-order valence-corrected chi connectivity index (χ0v) is 12.5. The van der Waals surface area contributed by atoms with Gasteiger partial charge in [-0.15, -0.1) is 10.2 Å². The maximum absolute atomic E-state index is 13.9. The van der Waals surface area contributed by atoms with E-state index < -0.39 is 0 Å². The molecule has 2 rings (SSSR count).